The number of hydrogen-bond acceptors (Lipinski definition) is 5. The van der Waals surface area contributed by atoms with Gasteiger partial charge in [0.25, 0.3) is 5.91 Å². The highest BCUT2D eigenvalue weighted by Crippen LogP contribution is 2.23. The van der Waals surface area contributed by atoms with E-state index < -0.39 is 6.10 Å². The van der Waals surface area contributed by atoms with Crippen molar-refractivity contribution in [1.82, 2.24) is 9.69 Å². The van der Waals surface area contributed by atoms with Crippen molar-refractivity contribution in [2.75, 3.05) is 18.9 Å². The van der Waals surface area contributed by atoms with Crippen LogP contribution >= 0.6 is 11.5 Å². The molecule has 0 saturated heterocycles. The molecule has 1 atom stereocenters. The van der Waals surface area contributed by atoms with Crippen LogP contribution in [0.4, 0.5) is 5.00 Å². The molecule has 0 spiro atoms. The molecule has 0 aliphatic heterocycles. The van der Waals surface area contributed by atoms with Gasteiger partial charge in [-0.1, -0.05) is 0 Å². The topological polar surface area (TPSA) is 74.2 Å². The Hall–Kier alpha value is -1.14. The van der Waals surface area contributed by atoms with Crippen LogP contribution in [0.25, 0.3) is 0 Å². The monoisotopic (exact) mass is 243 g/mol. The van der Waals surface area contributed by atoms with Crippen molar-refractivity contribution in [1.29, 1.82) is 0 Å². The van der Waals surface area contributed by atoms with Crippen LogP contribution < -0.4 is 10.6 Å². The van der Waals surface area contributed by atoms with Crippen molar-refractivity contribution in [3.63, 3.8) is 0 Å². The number of aliphatic hydroxyl groups excluding tert-OH is 1. The van der Waals surface area contributed by atoms with E-state index in [4.69, 9.17) is 5.11 Å². The normalized spacial score (nSPS) is 12.2. The lowest BCUT2D eigenvalue weighted by Crippen LogP contribution is -2.27. The van der Waals surface area contributed by atoms with E-state index >= 15 is 0 Å². The lowest BCUT2D eigenvalue weighted by molar-refractivity contribution is 0.0946. The molecule has 1 aromatic heterocycles. The van der Waals surface area contributed by atoms with Gasteiger partial charge in [-0.05, 0) is 31.8 Å². The Kier molecular flexibility index (Phi) is 4.70. The number of aromatic nitrogens is 1. The highest BCUT2D eigenvalue weighted by atomic mass is 32.1. The van der Waals surface area contributed by atoms with Crippen molar-refractivity contribution in [2.24, 2.45) is 0 Å². The van der Waals surface area contributed by atoms with E-state index in [1.54, 1.807) is 20.9 Å². The molecule has 0 radical (unpaired) electrons. The first-order chi connectivity index (χ1) is 7.56. The van der Waals surface area contributed by atoms with E-state index in [2.05, 4.69) is 15.0 Å². The molecular weight excluding hydrogens is 226 g/mol. The third-order valence-corrected chi connectivity index (χ3v) is 3.12. The standard InChI is InChI=1S/C10H17N3O2S/c1-6(14)4-5-12-9(15)8-7(2)13-16-10(8)11-3/h6,11,14H,4-5H2,1-3H3,(H,12,15). The number of amides is 1. The van der Waals surface area contributed by atoms with Crippen molar-refractivity contribution < 1.29 is 9.90 Å². The summed E-state index contributed by atoms with van der Waals surface area (Å²) in [7, 11) is 1.76. The number of hydrogen-bond donors (Lipinski definition) is 3. The molecule has 90 valence electrons. The maximum atomic E-state index is 11.8. The summed E-state index contributed by atoms with van der Waals surface area (Å²) in [5.74, 6) is -0.142. The Morgan fingerprint density at radius 1 is 1.62 bits per heavy atom. The number of rotatable bonds is 5. The third kappa shape index (κ3) is 3.18. The molecule has 1 amide bonds. The summed E-state index contributed by atoms with van der Waals surface area (Å²) in [5, 5.41) is 15.5. The Balaban J connectivity index is 2.62. The maximum Gasteiger partial charge on any atom is 0.256 e. The lowest BCUT2D eigenvalue weighted by Gasteiger charge is -2.07. The van der Waals surface area contributed by atoms with Gasteiger partial charge in [0.2, 0.25) is 0 Å². The summed E-state index contributed by atoms with van der Waals surface area (Å²) in [6, 6.07) is 0. The molecule has 1 heterocycles. The number of nitrogens with zero attached hydrogens (tertiary/aromatic N) is 1. The van der Waals surface area contributed by atoms with E-state index in [0.29, 0.717) is 18.5 Å². The van der Waals surface area contributed by atoms with Crippen molar-refractivity contribution in [3.05, 3.63) is 11.3 Å². The fourth-order valence-electron chi connectivity index (χ4n) is 1.29. The molecule has 0 aromatic carbocycles. The first kappa shape index (κ1) is 12.9. The summed E-state index contributed by atoms with van der Waals surface area (Å²) in [6.07, 6.45) is 0.155. The highest BCUT2D eigenvalue weighted by molar-refractivity contribution is 7.10. The zero-order chi connectivity index (χ0) is 12.1. The van der Waals surface area contributed by atoms with Crippen LogP contribution in [0.3, 0.4) is 0 Å². The Labute approximate surface area is 99.0 Å². The molecule has 16 heavy (non-hydrogen) atoms. The SMILES string of the molecule is CNc1snc(C)c1C(=O)NCCC(C)O. The van der Waals surface area contributed by atoms with Crippen molar-refractivity contribution in [3.8, 4) is 0 Å². The van der Waals surface area contributed by atoms with Gasteiger partial charge in [-0.3, -0.25) is 4.79 Å². The predicted octanol–water partition coefficient (Wildman–Crippen LogP) is 0.994. The van der Waals surface area contributed by atoms with Gasteiger partial charge in [0.1, 0.15) is 5.00 Å². The minimum atomic E-state index is -0.397. The number of carbonyl (C=O) groups is 1. The van der Waals surface area contributed by atoms with E-state index in [1.807, 2.05) is 0 Å². The fourth-order valence-corrected chi connectivity index (χ4v) is 2.03. The van der Waals surface area contributed by atoms with E-state index in [0.717, 1.165) is 10.7 Å². The molecule has 0 fully saturated rings. The summed E-state index contributed by atoms with van der Waals surface area (Å²) >= 11 is 1.27. The number of anilines is 1. The molecule has 5 nitrogen and oxygen atoms in total. The third-order valence-electron chi connectivity index (χ3n) is 2.16. The van der Waals surface area contributed by atoms with Gasteiger partial charge in [0.05, 0.1) is 17.4 Å². The van der Waals surface area contributed by atoms with Crippen LogP contribution in [0, 0.1) is 6.92 Å². The second-order valence-electron chi connectivity index (χ2n) is 3.62. The van der Waals surface area contributed by atoms with Crippen LogP contribution in [0.1, 0.15) is 29.4 Å². The van der Waals surface area contributed by atoms with Crippen LogP contribution in [0.5, 0.6) is 0 Å². The number of aliphatic hydroxyl groups is 1. The van der Waals surface area contributed by atoms with E-state index in [9.17, 15) is 4.79 Å². The first-order valence-corrected chi connectivity index (χ1v) is 5.94. The average Bonchev–Trinajstić information content (AvgIpc) is 2.58. The number of carbonyl (C=O) groups excluding carboxylic acids is 1. The molecule has 0 saturated carbocycles. The molecule has 1 rings (SSSR count). The van der Waals surface area contributed by atoms with Gasteiger partial charge < -0.3 is 15.7 Å². The molecule has 3 N–H and O–H groups in total. The summed E-state index contributed by atoms with van der Waals surface area (Å²) in [5.41, 5.74) is 1.32. The molecule has 1 unspecified atom stereocenters. The smallest absolute Gasteiger partial charge is 0.256 e. The second-order valence-corrected chi connectivity index (χ2v) is 4.39. The minimum absolute atomic E-state index is 0.142. The largest absolute Gasteiger partial charge is 0.393 e. The number of aryl methyl sites for hydroxylation is 1. The lowest BCUT2D eigenvalue weighted by atomic mass is 10.2. The Morgan fingerprint density at radius 3 is 2.88 bits per heavy atom. The van der Waals surface area contributed by atoms with E-state index in [1.165, 1.54) is 11.5 Å². The van der Waals surface area contributed by atoms with E-state index in [-0.39, 0.29) is 5.91 Å². The molecule has 0 aliphatic carbocycles. The van der Waals surface area contributed by atoms with Gasteiger partial charge in [-0.2, -0.15) is 4.37 Å². The van der Waals surface area contributed by atoms with Crippen LogP contribution in [0.15, 0.2) is 0 Å². The van der Waals surface area contributed by atoms with Crippen LogP contribution in [-0.2, 0) is 0 Å². The fraction of sp³-hybridized carbons (Fsp3) is 0.600. The zero-order valence-corrected chi connectivity index (χ0v) is 10.5. The minimum Gasteiger partial charge on any atom is -0.393 e. The average molecular weight is 243 g/mol. The van der Waals surface area contributed by atoms with Gasteiger partial charge in [-0.15, -0.1) is 0 Å². The number of nitrogens with one attached hydrogen (secondary N) is 2. The van der Waals surface area contributed by atoms with Gasteiger partial charge in [-0.25, -0.2) is 0 Å². The van der Waals surface area contributed by atoms with Gasteiger partial charge in [0.15, 0.2) is 0 Å². The first-order valence-electron chi connectivity index (χ1n) is 5.16. The predicted molar refractivity (Wildman–Crippen MR) is 65.0 cm³/mol. The van der Waals surface area contributed by atoms with Crippen molar-refractivity contribution in [2.45, 2.75) is 26.4 Å². The van der Waals surface area contributed by atoms with Crippen LogP contribution in [-0.4, -0.2) is 35.1 Å². The quantitative estimate of drug-likeness (QED) is 0.721. The zero-order valence-electron chi connectivity index (χ0n) is 9.70. The highest BCUT2D eigenvalue weighted by Gasteiger charge is 2.16. The summed E-state index contributed by atoms with van der Waals surface area (Å²) in [6.45, 7) is 3.97. The summed E-state index contributed by atoms with van der Waals surface area (Å²) in [4.78, 5) is 11.8. The molecular formula is C10H17N3O2S. The molecule has 0 bridgehead atoms. The van der Waals surface area contributed by atoms with Crippen LogP contribution in [0.2, 0.25) is 0 Å². The van der Waals surface area contributed by atoms with Crippen molar-refractivity contribution >= 4 is 22.4 Å². The Bertz CT molecular complexity index is 363. The second kappa shape index (κ2) is 5.81. The molecule has 1 aromatic rings. The van der Waals surface area contributed by atoms with Gasteiger partial charge >= 0.3 is 0 Å². The van der Waals surface area contributed by atoms with Gasteiger partial charge in [0, 0.05) is 13.6 Å². The maximum absolute atomic E-state index is 11.8. The molecule has 0 aliphatic rings. The Morgan fingerprint density at radius 2 is 2.31 bits per heavy atom. The molecule has 6 heteroatoms. The summed E-state index contributed by atoms with van der Waals surface area (Å²) < 4.78 is 4.12.